The maximum atomic E-state index is 13.6. The summed E-state index contributed by atoms with van der Waals surface area (Å²) in [4.78, 5) is 0. The minimum atomic E-state index is -0.963. The first-order valence-corrected chi connectivity index (χ1v) is 5.05. The number of allylic oxidation sites excluding steroid dienone is 1. The molecule has 0 aliphatic heterocycles. The molecule has 0 aromatic heterocycles. The van der Waals surface area contributed by atoms with Crippen LogP contribution in [0.1, 0.15) is 33.3 Å². The van der Waals surface area contributed by atoms with Crippen molar-refractivity contribution < 1.29 is 13.5 Å². The van der Waals surface area contributed by atoms with Crippen molar-refractivity contribution in [3.63, 3.8) is 0 Å². The third-order valence-electron chi connectivity index (χ3n) is 1.92. The van der Waals surface area contributed by atoms with E-state index in [1.54, 1.807) is 27.7 Å². The molecule has 88 valence electrons. The molecule has 0 saturated carbocycles. The van der Waals surface area contributed by atoms with Crippen LogP contribution in [0, 0.1) is 11.6 Å². The number of ether oxygens (including phenoxy) is 1. The van der Waals surface area contributed by atoms with Gasteiger partial charge in [-0.05, 0) is 45.4 Å². The summed E-state index contributed by atoms with van der Waals surface area (Å²) in [5, 5.41) is 0. The Morgan fingerprint density at radius 1 is 1.19 bits per heavy atom. The standard InChI is InChI=1S/C13H16F2O/c1-8(2)9-6-7-10(12(15)11(9)14)16-13(3,4)5/h6-7H,1H2,2-5H3. The van der Waals surface area contributed by atoms with Crippen LogP contribution in [0.3, 0.4) is 0 Å². The van der Waals surface area contributed by atoms with Crippen LogP contribution in [-0.2, 0) is 0 Å². The maximum absolute atomic E-state index is 13.6. The van der Waals surface area contributed by atoms with Crippen LogP contribution in [-0.4, -0.2) is 5.60 Å². The van der Waals surface area contributed by atoms with Crippen LogP contribution < -0.4 is 4.74 Å². The van der Waals surface area contributed by atoms with Gasteiger partial charge >= 0.3 is 0 Å². The van der Waals surface area contributed by atoms with Crippen LogP contribution in [0.5, 0.6) is 5.75 Å². The van der Waals surface area contributed by atoms with E-state index >= 15 is 0 Å². The zero-order chi connectivity index (χ0) is 12.5. The fourth-order valence-electron chi connectivity index (χ4n) is 1.27. The summed E-state index contributed by atoms with van der Waals surface area (Å²) in [6.45, 7) is 10.5. The lowest BCUT2D eigenvalue weighted by Gasteiger charge is -2.22. The van der Waals surface area contributed by atoms with Gasteiger partial charge in [0.25, 0.3) is 0 Å². The Morgan fingerprint density at radius 2 is 1.75 bits per heavy atom. The van der Waals surface area contributed by atoms with E-state index in [1.165, 1.54) is 12.1 Å². The lowest BCUT2D eigenvalue weighted by Crippen LogP contribution is -2.23. The average Bonchev–Trinajstić information content (AvgIpc) is 2.10. The molecule has 0 fully saturated rings. The second-order valence-corrected chi connectivity index (χ2v) is 4.73. The molecule has 0 aliphatic carbocycles. The average molecular weight is 226 g/mol. The molecule has 0 aliphatic rings. The van der Waals surface area contributed by atoms with Crippen molar-refractivity contribution in [1.29, 1.82) is 0 Å². The van der Waals surface area contributed by atoms with Gasteiger partial charge < -0.3 is 4.74 Å². The lowest BCUT2D eigenvalue weighted by molar-refractivity contribution is 0.123. The van der Waals surface area contributed by atoms with Crippen molar-refractivity contribution in [2.75, 3.05) is 0 Å². The summed E-state index contributed by atoms with van der Waals surface area (Å²) < 4.78 is 32.5. The molecule has 0 amide bonds. The summed E-state index contributed by atoms with van der Waals surface area (Å²) >= 11 is 0. The number of benzene rings is 1. The number of hydrogen-bond donors (Lipinski definition) is 0. The quantitative estimate of drug-likeness (QED) is 0.735. The SMILES string of the molecule is C=C(C)c1ccc(OC(C)(C)C)c(F)c1F. The van der Waals surface area contributed by atoms with E-state index < -0.39 is 17.2 Å². The van der Waals surface area contributed by atoms with E-state index in [4.69, 9.17) is 4.74 Å². The highest BCUT2D eigenvalue weighted by atomic mass is 19.2. The van der Waals surface area contributed by atoms with Gasteiger partial charge in [0.05, 0.1) is 0 Å². The van der Waals surface area contributed by atoms with Crippen LogP contribution in [0.15, 0.2) is 18.7 Å². The molecule has 0 saturated heterocycles. The van der Waals surface area contributed by atoms with Crippen molar-refractivity contribution in [3.8, 4) is 5.75 Å². The Hall–Kier alpha value is -1.38. The van der Waals surface area contributed by atoms with Crippen molar-refractivity contribution in [1.82, 2.24) is 0 Å². The second-order valence-electron chi connectivity index (χ2n) is 4.73. The van der Waals surface area contributed by atoms with E-state index in [1.807, 2.05) is 0 Å². The second kappa shape index (κ2) is 4.24. The molecule has 0 N–H and O–H groups in total. The Kier molecular flexibility index (Phi) is 3.36. The number of hydrogen-bond acceptors (Lipinski definition) is 1. The van der Waals surface area contributed by atoms with Gasteiger partial charge in [-0.1, -0.05) is 6.58 Å². The van der Waals surface area contributed by atoms with Crippen molar-refractivity contribution in [2.45, 2.75) is 33.3 Å². The molecule has 1 nitrogen and oxygen atoms in total. The minimum Gasteiger partial charge on any atom is -0.485 e. The first kappa shape index (κ1) is 12.7. The Labute approximate surface area is 94.7 Å². The minimum absolute atomic E-state index is 0.0741. The molecule has 1 aromatic rings. The van der Waals surface area contributed by atoms with Gasteiger partial charge in [-0.15, -0.1) is 0 Å². The third kappa shape index (κ3) is 2.81. The molecule has 0 spiro atoms. The highest BCUT2D eigenvalue weighted by Gasteiger charge is 2.19. The maximum Gasteiger partial charge on any atom is 0.201 e. The van der Waals surface area contributed by atoms with Crippen LogP contribution >= 0.6 is 0 Å². The van der Waals surface area contributed by atoms with Gasteiger partial charge in [-0.25, -0.2) is 4.39 Å². The number of rotatable bonds is 2. The fourth-order valence-corrected chi connectivity index (χ4v) is 1.27. The van der Waals surface area contributed by atoms with Gasteiger partial charge in [0, 0.05) is 5.56 Å². The third-order valence-corrected chi connectivity index (χ3v) is 1.92. The van der Waals surface area contributed by atoms with Gasteiger partial charge in [-0.2, -0.15) is 4.39 Å². The predicted octanol–water partition coefficient (Wildman–Crippen LogP) is 4.18. The van der Waals surface area contributed by atoms with E-state index in [9.17, 15) is 8.78 Å². The smallest absolute Gasteiger partial charge is 0.201 e. The van der Waals surface area contributed by atoms with E-state index in [-0.39, 0.29) is 11.3 Å². The molecule has 1 rings (SSSR count). The molecule has 0 radical (unpaired) electrons. The largest absolute Gasteiger partial charge is 0.485 e. The summed E-state index contributed by atoms with van der Waals surface area (Å²) in [6, 6.07) is 2.90. The monoisotopic (exact) mass is 226 g/mol. The fraction of sp³-hybridized carbons (Fsp3) is 0.385. The normalized spacial score (nSPS) is 11.4. The highest BCUT2D eigenvalue weighted by Crippen LogP contribution is 2.28. The molecular weight excluding hydrogens is 210 g/mol. The molecule has 3 heteroatoms. The summed E-state index contributed by atoms with van der Waals surface area (Å²) in [5.41, 5.74) is 0.107. The topological polar surface area (TPSA) is 9.23 Å². The van der Waals surface area contributed by atoms with Gasteiger partial charge in [0.15, 0.2) is 11.6 Å². The Morgan fingerprint density at radius 3 is 2.19 bits per heavy atom. The zero-order valence-corrected chi connectivity index (χ0v) is 10.0. The molecule has 0 heterocycles. The van der Waals surface area contributed by atoms with Gasteiger partial charge in [0.2, 0.25) is 5.82 Å². The predicted molar refractivity (Wildman–Crippen MR) is 61.4 cm³/mol. The van der Waals surface area contributed by atoms with Crippen molar-refractivity contribution in [2.24, 2.45) is 0 Å². The zero-order valence-electron chi connectivity index (χ0n) is 10.0. The van der Waals surface area contributed by atoms with E-state index in [0.717, 1.165) is 0 Å². The lowest BCUT2D eigenvalue weighted by atomic mass is 10.1. The summed E-state index contributed by atoms with van der Waals surface area (Å²) in [5.74, 6) is -1.94. The summed E-state index contributed by atoms with van der Waals surface area (Å²) in [6.07, 6.45) is 0. The summed E-state index contributed by atoms with van der Waals surface area (Å²) in [7, 11) is 0. The van der Waals surface area contributed by atoms with Gasteiger partial charge in [0.1, 0.15) is 5.60 Å². The van der Waals surface area contributed by atoms with Crippen molar-refractivity contribution in [3.05, 3.63) is 35.9 Å². The van der Waals surface area contributed by atoms with Crippen LogP contribution in [0.25, 0.3) is 5.57 Å². The van der Waals surface area contributed by atoms with Crippen LogP contribution in [0.2, 0.25) is 0 Å². The van der Waals surface area contributed by atoms with Crippen LogP contribution in [0.4, 0.5) is 8.78 Å². The van der Waals surface area contributed by atoms with Crippen molar-refractivity contribution >= 4 is 5.57 Å². The number of halogens is 2. The molecule has 1 aromatic carbocycles. The highest BCUT2D eigenvalue weighted by molar-refractivity contribution is 5.62. The molecule has 16 heavy (non-hydrogen) atoms. The van der Waals surface area contributed by atoms with E-state index in [2.05, 4.69) is 6.58 Å². The van der Waals surface area contributed by atoms with E-state index in [0.29, 0.717) is 5.57 Å². The Balaban J connectivity index is 3.17. The molecule has 0 bridgehead atoms. The first-order chi connectivity index (χ1) is 7.22. The first-order valence-electron chi connectivity index (χ1n) is 5.05. The Bertz CT molecular complexity index is 417. The molecule has 0 atom stereocenters. The van der Waals surface area contributed by atoms with Gasteiger partial charge in [-0.3, -0.25) is 0 Å². The molecule has 0 unspecified atom stereocenters. The molecular formula is C13H16F2O.